The zero-order valence-corrected chi connectivity index (χ0v) is 17.3. The molecule has 0 aliphatic carbocycles. The number of carbonyl (C=O) groups is 1. The number of likely N-dealkylation sites (N-methyl/N-ethyl adjacent to an activating group) is 1. The molecule has 152 valence electrons. The molecule has 7 nitrogen and oxygen atoms in total. The van der Waals surface area contributed by atoms with Crippen molar-refractivity contribution in [2.24, 2.45) is 0 Å². The first-order valence-corrected chi connectivity index (χ1v) is 9.32. The maximum absolute atomic E-state index is 12.7. The first kappa shape index (κ1) is 20.4. The number of ether oxygens (including phenoxy) is 2. The van der Waals surface area contributed by atoms with Gasteiger partial charge in [0.05, 0.1) is 13.7 Å². The van der Waals surface area contributed by atoms with Crippen molar-refractivity contribution >= 4 is 5.91 Å². The van der Waals surface area contributed by atoms with Crippen molar-refractivity contribution in [1.29, 1.82) is 0 Å². The molecule has 0 saturated heterocycles. The summed E-state index contributed by atoms with van der Waals surface area (Å²) in [6.45, 7) is 5.91. The molecule has 7 heteroatoms. The summed E-state index contributed by atoms with van der Waals surface area (Å²) in [4.78, 5) is 18.6. The maximum Gasteiger partial charge on any atom is 0.263 e. The lowest BCUT2D eigenvalue weighted by molar-refractivity contribution is -0.137. The van der Waals surface area contributed by atoms with Crippen LogP contribution in [0.25, 0.3) is 11.4 Å². The lowest BCUT2D eigenvalue weighted by atomic mass is 10.1. The van der Waals surface area contributed by atoms with E-state index in [4.69, 9.17) is 14.0 Å². The molecule has 0 aliphatic heterocycles. The molecule has 0 N–H and O–H groups in total. The SMILES string of the molecule is COc1cccc(-c2noc(CN(C)C(=O)[C@@H](C)Oc3cc(C)cc(C)c3)n2)c1. The average molecular weight is 395 g/mol. The zero-order chi connectivity index (χ0) is 21.0. The minimum Gasteiger partial charge on any atom is -0.497 e. The van der Waals surface area contributed by atoms with Crippen LogP contribution in [0.5, 0.6) is 11.5 Å². The number of aryl methyl sites for hydroxylation is 2. The highest BCUT2D eigenvalue weighted by molar-refractivity contribution is 5.80. The van der Waals surface area contributed by atoms with Crippen LogP contribution in [0.2, 0.25) is 0 Å². The zero-order valence-electron chi connectivity index (χ0n) is 17.3. The van der Waals surface area contributed by atoms with Gasteiger partial charge in [-0.1, -0.05) is 23.4 Å². The molecule has 0 radical (unpaired) electrons. The Labute approximate surface area is 170 Å². The number of benzene rings is 2. The lowest BCUT2D eigenvalue weighted by Gasteiger charge is -2.21. The Bertz CT molecular complexity index is 979. The molecular weight excluding hydrogens is 370 g/mol. The highest BCUT2D eigenvalue weighted by Gasteiger charge is 2.22. The van der Waals surface area contributed by atoms with Crippen molar-refractivity contribution in [1.82, 2.24) is 15.0 Å². The smallest absolute Gasteiger partial charge is 0.263 e. The quantitative estimate of drug-likeness (QED) is 0.606. The van der Waals surface area contributed by atoms with Crippen LogP contribution in [0.4, 0.5) is 0 Å². The first-order valence-electron chi connectivity index (χ1n) is 9.32. The summed E-state index contributed by atoms with van der Waals surface area (Å²) in [5.74, 6) is 2.00. The standard InChI is InChI=1S/C22H25N3O4/c1-14-9-15(2)11-19(10-14)28-16(3)22(26)25(4)13-20-23-21(24-29-20)17-7-6-8-18(12-17)27-5/h6-12,16H,13H2,1-5H3/t16-/m1/s1. The second-order valence-corrected chi connectivity index (χ2v) is 7.02. The Morgan fingerprint density at radius 2 is 1.86 bits per heavy atom. The van der Waals surface area contributed by atoms with Crippen LogP contribution in [0.15, 0.2) is 47.0 Å². The van der Waals surface area contributed by atoms with Crippen molar-refractivity contribution in [2.45, 2.75) is 33.4 Å². The van der Waals surface area contributed by atoms with Gasteiger partial charge in [-0.3, -0.25) is 4.79 Å². The van der Waals surface area contributed by atoms with Crippen molar-refractivity contribution in [3.63, 3.8) is 0 Å². The largest absolute Gasteiger partial charge is 0.497 e. The topological polar surface area (TPSA) is 77.7 Å². The van der Waals surface area contributed by atoms with Crippen molar-refractivity contribution < 1.29 is 18.8 Å². The highest BCUT2D eigenvalue weighted by Crippen LogP contribution is 2.22. The molecule has 0 aliphatic rings. The van der Waals surface area contributed by atoms with Crippen LogP contribution in [0, 0.1) is 13.8 Å². The van der Waals surface area contributed by atoms with Gasteiger partial charge in [-0.25, -0.2) is 0 Å². The Balaban J connectivity index is 1.64. The number of aromatic nitrogens is 2. The molecule has 3 rings (SSSR count). The summed E-state index contributed by atoms with van der Waals surface area (Å²) in [7, 11) is 3.28. The monoisotopic (exact) mass is 395 g/mol. The molecule has 0 bridgehead atoms. The van der Waals surface area contributed by atoms with Gasteiger partial charge in [0.1, 0.15) is 11.5 Å². The minimum absolute atomic E-state index is 0.176. The summed E-state index contributed by atoms with van der Waals surface area (Å²) in [6.07, 6.45) is -0.637. The highest BCUT2D eigenvalue weighted by atomic mass is 16.5. The number of hydrogen-bond donors (Lipinski definition) is 0. The predicted octanol–water partition coefficient (Wildman–Crippen LogP) is 3.79. The first-order chi connectivity index (χ1) is 13.9. The van der Waals surface area contributed by atoms with Crippen LogP contribution in [0.3, 0.4) is 0 Å². The van der Waals surface area contributed by atoms with E-state index >= 15 is 0 Å². The van der Waals surface area contributed by atoms with Gasteiger partial charge < -0.3 is 18.9 Å². The van der Waals surface area contributed by atoms with Gasteiger partial charge in [-0.2, -0.15) is 4.98 Å². The Morgan fingerprint density at radius 1 is 1.14 bits per heavy atom. The molecule has 0 unspecified atom stereocenters. The molecule has 0 spiro atoms. The van der Waals surface area contributed by atoms with E-state index in [1.807, 2.05) is 50.2 Å². The predicted molar refractivity (Wildman–Crippen MR) is 109 cm³/mol. The van der Waals surface area contributed by atoms with Gasteiger partial charge in [-0.15, -0.1) is 0 Å². The summed E-state index contributed by atoms with van der Waals surface area (Å²) < 4.78 is 16.3. The molecule has 29 heavy (non-hydrogen) atoms. The number of hydrogen-bond acceptors (Lipinski definition) is 6. The number of amides is 1. The molecule has 1 aromatic heterocycles. The molecule has 0 fully saturated rings. The number of nitrogens with zero attached hydrogens (tertiary/aromatic N) is 3. The van der Waals surface area contributed by atoms with Gasteiger partial charge in [-0.05, 0) is 56.2 Å². The van der Waals surface area contributed by atoms with E-state index in [2.05, 4.69) is 16.2 Å². The second-order valence-electron chi connectivity index (χ2n) is 7.02. The third kappa shape index (κ3) is 5.13. The fourth-order valence-corrected chi connectivity index (χ4v) is 3.05. The normalized spacial score (nSPS) is 11.8. The van der Waals surface area contributed by atoms with Crippen LogP contribution in [-0.4, -0.2) is 41.2 Å². The fourth-order valence-electron chi connectivity index (χ4n) is 3.05. The summed E-state index contributed by atoms with van der Waals surface area (Å²) in [5.41, 5.74) is 2.95. The number of carbonyl (C=O) groups excluding carboxylic acids is 1. The van der Waals surface area contributed by atoms with Gasteiger partial charge >= 0.3 is 0 Å². The van der Waals surface area contributed by atoms with Gasteiger partial charge in [0.25, 0.3) is 5.91 Å². The van der Waals surface area contributed by atoms with Crippen molar-refractivity contribution in [2.75, 3.05) is 14.2 Å². The lowest BCUT2D eigenvalue weighted by Crippen LogP contribution is -2.37. The van der Waals surface area contributed by atoms with E-state index < -0.39 is 6.10 Å². The van der Waals surface area contributed by atoms with Crippen LogP contribution < -0.4 is 9.47 Å². The van der Waals surface area contributed by atoms with E-state index in [1.54, 1.807) is 21.1 Å². The van der Waals surface area contributed by atoms with Crippen LogP contribution in [-0.2, 0) is 11.3 Å². The van der Waals surface area contributed by atoms with E-state index in [0.29, 0.717) is 23.2 Å². The summed E-state index contributed by atoms with van der Waals surface area (Å²) >= 11 is 0. The third-order valence-corrected chi connectivity index (χ3v) is 4.40. The Morgan fingerprint density at radius 3 is 2.55 bits per heavy atom. The molecule has 3 aromatic rings. The fraction of sp³-hybridized carbons (Fsp3) is 0.318. The molecule has 1 heterocycles. The summed E-state index contributed by atoms with van der Waals surface area (Å²) in [6, 6.07) is 13.3. The second kappa shape index (κ2) is 8.77. The van der Waals surface area contributed by atoms with Crippen LogP contribution in [0.1, 0.15) is 23.9 Å². The van der Waals surface area contributed by atoms with Gasteiger partial charge in [0.15, 0.2) is 6.10 Å². The Hall–Kier alpha value is -3.35. The van der Waals surface area contributed by atoms with Crippen molar-refractivity contribution in [3.05, 3.63) is 59.5 Å². The third-order valence-electron chi connectivity index (χ3n) is 4.40. The minimum atomic E-state index is -0.637. The van der Waals surface area contributed by atoms with Crippen LogP contribution >= 0.6 is 0 Å². The van der Waals surface area contributed by atoms with E-state index in [9.17, 15) is 4.79 Å². The Kier molecular flexibility index (Phi) is 6.16. The number of rotatable bonds is 7. The molecule has 0 saturated carbocycles. The van der Waals surface area contributed by atoms with E-state index in [-0.39, 0.29) is 12.5 Å². The number of methoxy groups -OCH3 is 1. The summed E-state index contributed by atoms with van der Waals surface area (Å²) in [5, 5.41) is 4.00. The molecule has 2 aromatic carbocycles. The van der Waals surface area contributed by atoms with Gasteiger partial charge in [0.2, 0.25) is 11.7 Å². The van der Waals surface area contributed by atoms with E-state index in [0.717, 1.165) is 16.7 Å². The molecule has 1 atom stereocenters. The van der Waals surface area contributed by atoms with Gasteiger partial charge in [0, 0.05) is 12.6 Å². The molecule has 1 amide bonds. The van der Waals surface area contributed by atoms with Crippen molar-refractivity contribution in [3.8, 4) is 22.9 Å². The molecular formula is C22H25N3O4. The maximum atomic E-state index is 12.7. The van der Waals surface area contributed by atoms with E-state index in [1.165, 1.54) is 4.90 Å². The average Bonchev–Trinajstić information content (AvgIpc) is 3.15.